The lowest BCUT2D eigenvalue weighted by atomic mass is 10.1. The van der Waals surface area contributed by atoms with E-state index < -0.39 is 30.1 Å². The number of fused-ring (bicyclic) bond motifs is 1. The Labute approximate surface area is 183 Å². The zero-order valence-corrected chi connectivity index (χ0v) is 17.5. The number of carbonyl (C=O) groups is 3. The van der Waals surface area contributed by atoms with Gasteiger partial charge in [-0.2, -0.15) is 0 Å². The Morgan fingerprint density at radius 3 is 2.59 bits per heavy atom. The van der Waals surface area contributed by atoms with Crippen LogP contribution in [0.4, 0.5) is 14.5 Å². The van der Waals surface area contributed by atoms with E-state index in [2.05, 4.69) is 0 Å². The van der Waals surface area contributed by atoms with Gasteiger partial charge in [-0.05, 0) is 50.1 Å². The Bertz CT molecular complexity index is 1070. The third-order valence-corrected chi connectivity index (χ3v) is 5.58. The summed E-state index contributed by atoms with van der Waals surface area (Å²) in [7, 11) is 0. The van der Waals surface area contributed by atoms with Crippen LogP contribution in [0.5, 0.6) is 11.5 Å². The van der Waals surface area contributed by atoms with Crippen LogP contribution < -0.4 is 14.4 Å². The van der Waals surface area contributed by atoms with Gasteiger partial charge in [-0.1, -0.05) is 0 Å². The molecule has 2 heterocycles. The number of hydrogen-bond acceptors (Lipinski definition) is 5. The molecule has 0 radical (unpaired) electrons. The van der Waals surface area contributed by atoms with Crippen molar-refractivity contribution in [2.75, 3.05) is 31.2 Å². The summed E-state index contributed by atoms with van der Waals surface area (Å²) >= 11 is 0. The van der Waals surface area contributed by atoms with Crippen LogP contribution in [0.3, 0.4) is 0 Å². The van der Waals surface area contributed by atoms with E-state index in [1.54, 1.807) is 17.9 Å². The summed E-state index contributed by atoms with van der Waals surface area (Å²) in [5.74, 6) is -2.55. The lowest BCUT2D eigenvalue weighted by Gasteiger charge is -2.35. The molecule has 2 aliphatic heterocycles. The third-order valence-electron chi connectivity index (χ3n) is 5.58. The summed E-state index contributed by atoms with van der Waals surface area (Å²) in [6.07, 6.45) is 1.86. The zero-order chi connectivity index (χ0) is 22.8. The van der Waals surface area contributed by atoms with Crippen LogP contribution in [0.1, 0.15) is 30.1 Å². The molecule has 0 bridgehead atoms. The summed E-state index contributed by atoms with van der Waals surface area (Å²) in [6.45, 7) is 2.28. The number of Topliss-reactive ketones (excluding diaryl/α,β-unsaturated/α-hetero) is 1. The summed E-state index contributed by atoms with van der Waals surface area (Å²) < 4.78 is 37.4. The van der Waals surface area contributed by atoms with Crippen molar-refractivity contribution in [3.05, 3.63) is 53.6 Å². The maximum Gasteiger partial charge on any atom is 0.265 e. The number of ketones is 1. The number of benzene rings is 2. The molecule has 0 aromatic heterocycles. The van der Waals surface area contributed by atoms with Crippen molar-refractivity contribution in [2.45, 2.75) is 25.8 Å². The molecule has 4 rings (SSSR count). The quantitative estimate of drug-likeness (QED) is 0.641. The van der Waals surface area contributed by atoms with Crippen molar-refractivity contribution in [3.63, 3.8) is 0 Å². The molecule has 2 amide bonds. The molecular weight excluding hydrogens is 422 g/mol. The van der Waals surface area contributed by atoms with Gasteiger partial charge in [0, 0.05) is 24.7 Å². The van der Waals surface area contributed by atoms with Gasteiger partial charge in [0.2, 0.25) is 5.91 Å². The second kappa shape index (κ2) is 8.94. The van der Waals surface area contributed by atoms with Gasteiger partial charge in [-0.25, -0.2) is 8.78 Å². The number of rotatable bonds is 6. The van der Waals surface area contributed by atoms with Crippen LogP contribution in [-0.2, 0) is 9.59 Å². The number of hydrogen-bond donors (Lipinski definition) is 0. The van der Waals surface area contributed by atoms with Gasteiger partial charge in [-0.15, -0.1) is 0 Å². The van der Waals surface area contributed by atoms with Gasteiger partial charge in [0.25, 0.3) is 5.91 Å². The third kappa shape index (κ3) is 4.28. The van der Waals surface area contributed by atoms with Crippen LogP contribution in [-0.4, -0.2) is 54.8 Å². The standard InChI is InChI=1S/C23H22F2N2O5/c1-14(23(30)26-8-2-3-9-26)27-18-10-15(4-6-21(18)32-13-22(27)29)19(28)12-31-20-7-5-16(24)11-17(20)25/h4-7,10-11,14H,2-3,8-9,12-13H2,1H3. The van der Waals surface area contributed by atoms with E-state index in [0.29, 0.717) is 30.6 Å². The van der Waals surface area contributed by atoms with Crippen molar-refractivity contribution in [3.8, 4) is 11.5 Å². The maximum atomic E-state index is 13.7. The molecule has 1 unspecified atom stereocenters. The summed E-state index contributed by atoms with van der Waals surface area (Å²) in [5.41, 5.74) is 0.524. The smallest absolute Gasteiger partial charge is 0.265 e. The molecule has 0 N–H and O–H groups in total. The maximum absolute atomic E-state index is 13.7. The summed E-state index contributed by atoms with van der Waals surface area (Å²) in [5, 5.41) is 0. The first-order chi connectivity index (χ1) is 15.3. The SMILES string of the molecule is CC(C(=O)N1CCCC1)N1C(=O)COc2ccc(C(=O)COc3ccc(F)cc3F)cc21. The molecular formula is C23H22F2N2O5. The van der Waals surface area contributed by atoms with Gasteiger partial charge in [0.1, 0.15) is 17.6 Å². The first kappa shape index (κ1) is 21.7. The Kier molecular flexibility index (Phi) is 6.07. The summed E-state index contributed by atoms with van der Waals surface area (Å²) in [6, 6.07) is 6.57. The van der Waals surface area contributed by atoms with Crippen molar-refractivity contribution in [2.24, 2.45) is 0 Å². The molecule has 1 atom stereocenters. The molecule has 0 saturated carbocycles. The Hall–Kier alpha value is -3.49. The highest BCUT2D eigenvalue weighted by molar-refractivity contribution is 6.05. The van der Waals surface area contributed by atoms with Gasteiger partial charge in [0.05, 0.1) is 5.69 Å². The molecule has 2 aromatic rings. The van der Waals surface area contributed by atoms with Gasteiger partial charge in [-0.3, -0.25) is 19.3 Å². The lowest BCUT2D eigenvalue weighted by Crippen LogP contribution is -2.52. The predicted molar refractivity (Wildman–Crippen MR) is 111 cm³/mol. The number of anilines is 1. The number of carbonyl (C=O) groups excluding carboxylic acids is 3. The fourth-order valence-electron chi connectivity index (χ4n) is 3.90. The Morgan fingerprint density at radius 2 is 1.88 bits per heavy atom. The predicted octanol–water partition coefficient (Wildman–Crippen LogP) is 2.96. The molecule has 168 valence electrons. The average Bonchev–Trinajstić information content (AvgIpc) is 3.32. The van der Waals surface area contributed by atoms with Gasteiger partial charge >= 0.3 is 0 Å². The van der Waals surface area contributed by atoms with Crippen LogP contribution >= 0.6 is 0 Å². The highest BCUT2D eigenvalue weighted by Crippen LogP contribution is 2.35. The van der Waals surface area contributed by atoms with Crippen LogP contribution in [0.15, 0.2) is 36.4 Å². The van der Waals surface area contributed by atoms with E-state index in [1.165, 1.54) is 17.0 Å². The molecule has 2 aromatic carbocycles. The number of likely N-dealkylation sites (tertiary alicyclic amines) is 1. The molecule has 2 aliphatic rings. The molecule has 1 saturated heterocycles. The largest absolute Gasteiger partial charge is 0.482 e. The minimum Gasteiger partial charge on any atom is -0.482 e. The normalized spacial score (nSPS) is 16.4. The van der Waals surface area contributed by atoms with E-state index in [0.717, 1.165) is 25.0 Å². The number of ether oxygens (including phenoxy) is 2. The topological polar surface area (TPSA) is 76.2 Å². The van der Waals surface area contributed by atoms with E-state index in [9.17, 15) is 23.2 Å². The van der Waals surface area contributed by atoms with E-state index in [4.69, 9.17) is 9.47 Å². The monoisotopic (exact) mass is 444 g/mol. The zero-order valence-electron chi connectivity index (χ0n) is 17.5. The second-order valence-corrected chi connectivity index (χ2v) is 7.73. The fraction of sp³-hybridized carbons (Fsp3) is 0.348. The van der Waals surface area contributed by atoms with Crippen molar-refractivity contribution in [1.29, 1.82) is 0 Å². The Morgan fingerprint density at radius 1 is 1.12 bits per heavy atom. The van der Waals surface area contributed by atoms with Crippen LogP contribution in [0, 0.1) is 11.6 Å². The second-order valence-electron chi connectivity index (χ2n) is 7.73. The van der Waals surface area contributed by atoms with E-state index in [-0.39, 0.29) is 29.7 Å². The van der Waals surface area contributed by atoms with Gasteiger partial charge in [0.15, 0.2) is 30.6 Å². The van der Waals surface area contributed by atoms with Crippen molar-refractivity contribution in [1.82, 2.24) is 4.90 Å². The van der Waals surface area contributed by atoms with Crippen LogP contribution in [0.2, 0.25) is 0 Å². The highest BCUT2D eigenvalue weighted by atomic mass is 19.1. The number of nitrogens with zero attached hydrogens (tertiary/aromatic N) is 2. The van der Waals surface area contributed by atoms with Crippen molar-refractivity contribution < 1.29 is 32.6 Å². The lowest BCUT2D eigenvalue weighted by molar-refractivity contribution is -0.133. The van der Waals surface area contributed by atoms with Gasteiger partial charge < -0.3 is 14.4 Å². The van der Waals surface area contributed by atoms with Crippen LogP contribution in [0.25, 0.3) is 0 Å². The average molecular weight is 444 g/mol. The number of amides is 2. The molecule has 1 fully saturated rings. The Balaban J connectivity index is 1.54. The minimum absolute atomic E-state index is 0.157. The molecule has 0 spiro atoms. The first-order valence-electron chi connectivity index (χ1n) is 10.3. The highest BCUT2D eigenvalue weighted by Gasteiger charge is 2.36. The first-order valence-corrected chi connectivity index (χ1v) is 10.3. The minimum atomic E-state index is -0.914. The molecule has 9 heteroatoms. The van der Waals surface area contributed by atoms with E-state index in [1.807, 2.05) is 0 Å². The van der Waals surface area contributed by atoms with Crippen molar-refractivity contribution >= 4 is 23.3 Å². The molecule has 32 heavy (non-hydrogen) atoms. The van der Waals surface area contributed by atoms with E-state index >= 15 is 0 Å². The molecule has 7 nitrogen and oxygen atoms in total. The molecule has 0 aliphatic carbocycles. The fourth-order valence-corrected chi connectivity index (χ4v) is 3.90. The summed E-state index contributed by atoms with van der Waals surface area (Å²) in [4.78, 5) is 41.2. The number of halogens is 2.